The molecule has 0 unspecified atom stereocenters. The molecule has 0 radical (unpaired) electrons. The lowest BCUT2D eigenvalue weighted by atomic mass is 10.1. The van der Waals surface area contributed by atoms with E-state index in [0.29, 0.717) is 40.3 Å². The molecule has 3 aromatic carbocycles. The second kappa shape index (κ2) is 11.0. The molecule has 1 saturated heterocycles. The van der Waals surface area contributed by atoms with E-state index in [0.717, 1.165) is 32.0 Å². The normalized spacial score (nSPS) is 14.9. The Morgan fingerprint density at radius 3 is 2.52 bits per heavy atom. The van der Waals surface area contributed by atoms with E-state index in [1.54, 1.807) is 18.2 Å². The number of carbonyl (C=O) groups is 2. The zero-order valence-corrected chi connectivity index (χ0v) is 21.7. The van der Waals surface area contributed by atoms with Crippen molar-refractivity contribution < 1.29 is 14.3 Å². The molecule has 0 atom stereocenters. The van der Waals surface area contributed by atoms with E-state index in [1.807, 2.05) is 54.6 Å². The van der Waals surface area contributed by atoms with Gasteiger partial charge in [0.2, 0.25) is 0 Å². The van der Waals surface area contributed by atoms with Crippen molar-refractivity contribution in [2.24, 2.45) is 0 Å². The van der Waals surface area contributed by atoms with Gasteiger partial charge in [-0.3, -0.25) is 14.5 Å². The zero-order valence-electron chi connectivity index (χ0n) is 17.3. The van der Waals surface area contributed by atoms with E-state index in [2.05, 4.69) is 22.6 Å². The Hall–Kier alpha value is -2.00. The van der Waals surface area contributed by atoms with Crippen molar-refractivity contribution in [1.29, 1.82) is 0 Å². The summed E-state index contributed by atoms with van der Waals surface area (Å²) in [5.41, 5.74) is 2.75. The lowest BCUT2D eigenvalue weighted by Gasteiger charge is -2.12. The van der Waals surface area contributed by atoms with Crippen LogP contribution in [0.3, 0.4) is 0 Å². The van der Waals surface area contributed by atoms with Gasteiger partial charge in [0, 0.05) is 22.2 Å². The van der Waals surface area contributed by atoms with Gasteiger partial charge in [-0.1, -0.05) is 65.7 Å². The predicted molar refractivity (Wildman–Crippen MR) is 143 cm³/mol. The summed E-state index contributed by atoms with van der Waals surface area (Å²) in [6.07, 6.45) is 2.38. The molecular formula is C25H18Cl2INO3S. The molecule has 0 aliphatic carbocycles. The minimum atomic E-state index is -0.256. The molecule has 2 amide bonds. The van der Waals surface area contributed by atoms with Gasteiger partial charge in [0.25, 0.3) is 11.1 Å². The quantitative estimate of drug-likeness (QED) is 0.206. The third kappa shape index (κ3) is 6.12. The standard InChI is InChI=1S/C25H18Cl2INO3S/c26-19-8-7-18(20(27)14-19)15-32-22-9-6-17(12-21(22)28)13-23-24(30)29(25(31)33-23)11-10-16-4-2-1-3-5-16/h1-9,12-14H,10-11,15H2/b23-13-. The van der Waals surface area contributed by atoms with Crippen LogP contribution in [0, 0.1) is 3.57 Å². The lowest BCUT2D eigenvalue weighted by Crippen LogP contribution is -2.30. The third-order valence-corrected chi connectivity index (χ3v) is 7.33. The van der Waals surface area contributed by atoms with Crippen molar-refractivity contribution in [3.8, 4) is 5.75 Å². The molecule has 0 saturated carbocycles. The fourth-order valence-corrected chi connectivity index (χ4v) is 5.27. The minimum Gasteiger partial charge on any atom is -0.488 e. The van der Waals surface area contributed by atoms with Crippen molar-refractivity contribution in [3.05, 3.63) is 102 Å². The van der Waals surface area contributed by atoms with Crippen LogP contribution in [-0.4, -0.2) is 22.6 Å². The van der Waals surface area contributed by atoms with E-state index >= 15 is 0 Å². The average molecular weight is 610 g/mol. The van der Waals surface area contributed by atoms with Gasteiger partial charge in [-0.25, -0.2) is 0 Å². The second-order valence-electron chi connectivity index (χ2n) is 7.28. The summed E-state index contributed by atoms with van der Waals surface area (Å²) < 4.78 is 6.79. The molecule has 33 heavy (non-hydrogen) atoms. The zero-order chi connectivity index (χ0) is 23.4. The third-order valence-electron chi connectivity index (χ3n) is 4.99. The fraction of sp³-hybridized carbons (Fsp3) is 0.120. The van der Waals surface area contributed by atoms with Crippen molar-refractivity contribution in [1.82, 2.24) is 4.90 Å². The molecular weight excluding hydrogens is 592 g/mol. The van der Waals surface area contributed by atoms with E-state index < -0.39 is 0 Å². The molecule has 1 aliphatic rings. The maximum absolute atomic E-state index is 12.8. The molecule has 4 nitrogen and oxygen atoms in total. The molecule has 1 heterocycles. The van der Waals surface area contributed by atoms with Crippen LogP contribution >= 0.6 is 57.6 Å². The number of amides is 2. The summed E-state index contributed by atoms with van der Waals surface area (Å²) in [5.74, 6) is 0.448. The van der Waals surface area contributed by atoms with Gasteiger partial charge in [-0.2, -0.15) is 0 Å². The Kier molecular flexibility index (Phi) is 8.01. The number of ether oxygens (including phenoxy) is 1. The first-order chi connectivity index (χ1) is 15.9. The first kappa shape index (κ1) is 24.1. The summed E-state index contributed by atoms with van der Waals surface area (Å²) in [7, 11) is 0. The molecule has 168 valence electrons. The summed E-state index contributed by atoms with van der Waals surface area (Å²) in [6, 6.07) is 20.7. The van der Waals surface area contributed by atoms with E-state index in [9.17, 15) is 9.59 Å². The van der Waals surface area contributed by atoms with Crippen LogP contribution in [0.1, 0.15) is 16.7 Å². The highest BCUT2D eigenvalue weighted by Crippen LogP contribution is 2.33. The van der Waals surface area contributed by atoms with Crippen LogP contribution < -0.4 is 4.74 Å². The van der Waals surface area contributed by atoms with Crippen molar-refractivity contribution >= 4 is 74.8 Å². The number of carbonyl (C=O) groups excluding carboxylic acids is 2. The predicted octanol–water partition coefficient (Wildman–Crippen LogP) is 7.46. The SMILES string of the molecule is O=C1S/C(=C\c2ccc(OCc3ccc(Cl)cc3Cl)c(I)c2)C(=O)N1CCc1ccccc1. The molecule has 0 N–H and O–H groups in total. The Balaban J connectivity index is 1.41. The smallest absolute Gasteiger partial charge is 0.293 e. The lowest BCUT2D eigenvalue weighted by molar-refractivity contribution is -0.122. The Bertz CT molecular complexity index is 1230. The molecule has 3 aromatic rings. The van der Waals surface area contributed by atoms with E-state index in [1.165, 1.54) is 4.90 Å². The topological polar surface area (TPSA) is 46.6 Å². The number of nitrogens with zero attached hydrogens (tertiary/aromatic N) is 1. The van der Waals surface area contributed by atoms with Crippen LogP contribution in [0.4, 0.5) is 4.79 Å². The van der Waals surface area contributed by atoms with Crippen LogP contribution in [0.2, 0.25) is 10.0 Å². The minimum absolute atomic E-state index is 0.239. The van der Waals surface area contributed by atoms with Gasteiger partial charge >= 0.3 is 0 Å². The molecule has 4 rings (SSSR count). The average Bonchev–Trinajstić information content (AvgIpc) is 3.05. The molecule has 1 fully saturated rings. The van der Waals surface area contributed by atoms with Gasteiger partial charge in [-0.05, 0) is 82.2 Å². The first-order valence-electron chi connectivity index (χ1n) is 10.1. The summed E-state index contributed by atoms with van der Waals surface area (Å²) in [6.45, 7) is 0.676. The fourth-order valence-electron chi connectivity index (χ4n) is 3.25. The maximum atomic E-state index is 12.8. The largest absolute Gasteiger partial charge is 0.488 e. The number of rotatable bonds is 7. The Morgan fingerprint density at radius 1 is 1.00 bits per heavy atom. The highest BCUT2D eigenvalue weighted by Gasteiger charge is 2.34. The number of benzene rings is 3. The molecule has 0 spiro atoms. The van der Waals surface area contributed by atoms with Crippen LogP contribution in [0.15, 0.2) is 71.6 Å². The van der Waals surface area contributed by atoms with Gasteiger partial charge in [-0.15, -0.1) is 0 Å². The van der Waals surface area contributed by atoms with Crippen molar-refractivity contribution in [2.45, 2.75) is 13.0 Å². The number of thioether (sulfide) groups is 1. The monoisotopic (exact) mass is 609 g/mol. The van der Waals surface area contributed by atoms with Crippen molar-refractivity contribution in [2.75, 3.05) is 6.54 Å². The van der Waals surface area contributed by atoms with Gasteiger partial charge in [0.1, 0.15) is 12.4 Å². The van der Waals surface area contributed by atoms with Gasteiger partial charge < -0.3 is 4.74 Å². The number of halogens is 3. The number of hydrogen-bond donors (Lipinski definition) is 0. The Labute approximate surface area is 220 Å². The molecule has 8 heteroatoms. The number of imide groups is 1. The van der Waals surface area contributed by atoms with E-state index in [4.69, 9.17) is 27.9 Å². The number of hydrogen-bond acceptors (Lipinski definition) is 4. The Morgan fingerprint density at radius 2 is 1.79 bits per heavy atom. The second-order valence-corrected chi connectivity index (χ2v) is 10.3. The maximum Gasteiger partial charge on any atom is 0.293 e. The van der Waals surface area contributed by atoms with Crippen molar-refractivity contribution in [3.63, 3.8) is 0 Å². The highest BCUT2D eigenvalue weighted by molar-refractivity contribution is 14.1. The summed E-state index contributed by atoms with van der Waals surface area (Å²) in [5, 5.41) is 0.890. The van der Waals surface area contributed by atoms with Crippen LogP contribution in [0.5, 0.6) is 5.75 Å². The van der Waals surface area contributed by atoms with Crippen LogP contribution in [0.25, 0.3) is 6.08 Å². The van der Waals surface area contributed by atoms with Gasteiger partial charge in [0.05, 0.1) is 8.48 Å². The highest BCUT2D eigenvalue weighted by atomic mass is 127. The first-order valence-corrected chi connectivity index (χ1v) is 12.7. The molecule has 0 aromatic heterocycles. The van der Waals surface area contributed by atoms with Crippen LogP contribution in [-0.2, 0) is 17.8 Å². The summed E-state index contributed by atoms with van der Waals surface area (Å²) in [4.78, 5) is 26.9. The molecule has 0 bridgehead atoms. The van der Waals surface area contributed by atoms with Gasteiger partial charge in [0.15, 0.2) is 0 Å². The summed E-state index contributed by atoms with van der Waals surface area (Å²) >= 11 is 15.3. The molecule has 1 aliphatic heterocycles. The van der Waals surface area contributed by atoms with E-state index in [-0.39, 0.29) is 11.1 Å².